The number of hydrogen-bond acceptors (Lipinski definition) is 5. The van der Waals surface area contributed by atoms with E-state index in [1.54, 1.807) is 45.0 Å². The fraction of sp³-hybridized carbons (Fsp3) is 0.440. The van der Waals surface area contributed by atoms with E-state index in [0.29, 0.717) is 21.7 Å². The summed E-state index contributed by atoms with van der Waals surface area (Å²) in [5.74, 6) is -0.741. The SMILES string of the molecule is COc1cccc(CN(C(=O)CN(c2cccc(C(F)(F)F)c2)S(C)(=O)=O)[C@@H](C)C(=O)NC(C)(C)C)c1. The normalized spacial score (nSPS) is 13.0. The van der Waals surface area contributed by atoms with E-state index in [1.165, 1.54) is 25.0 Å². The highest BCUT2D eigenvalue weighted by molar-refractivity contribution is 7.92. The average Bonchev–Trinajstić information content (AvgIpc) is 2.78. The second-order valence-electron chi connectivity index (χ2n) is 9.61. The topological polar surface area (TPSA) is 96.0 Å². The van der Waals surface area contributed by atoms with Gasteiger partial charge in [-0.25, -0.2) is 8.42 Å². The van der Waals surface area contributed by atoms with E-state index in [2.05, 4.69) is 5.32 Å². The van der Waals surface area contributed by atoms with E-state index in [-0.39, 0.29) is 12.2 Å². The largest absolute Gasteiger partial charge is 0.497 e. The molecular weight excluding hydrogens is 511 g/mol. The molecule has 8 nitrogen and oxygen atoms in total. The van der Waals surface area contributed by atoms with Crippen LogP contribution >= 0.6 is 0 Å². The number of benzene rings is 2. The van der Waals surface area contributed by atoms with E-state index in [9.17, 15) is 31.2 Å². The third-order valence-corrected chi connectivity index (χ3v) is 6.43. The van der Waals surface area contributed by atoms with Crippen LogP contribution in [0.5, 0.6) is 5.75 Å². The molecule has 2 amide bonds. The van der Waals surface area contributed by atoms with Crippen LogP contribution in [-0.2, 0) is 32.3 Å². The number of alkyl halides is 3. The number of rotatable bonds is 9. The Kier molecular flexibility index (Phi) is 9.23. The molecule has 0 spiro atoms. The molecule has 12 heteroatoms. The van der Waals surface area contributed by atoms with Gasteiger partial charge in [-0.1, -0.05) is 18.2 Å². The summed E-state index contributed by atoms with van der Waals surface area (Å²) in [6, 6.07) is 9.44. The molecule has 0 radical (unpaired) electrons. The highest BCUT2D eigenvalue weighted by atomic mass is 32.2. The van der Waals surface area contributed by atoms with Crippen molar-refractivity contribution in [1.29, 1.82) is 0 Å². The fourth-order valence-corrected chi connectivity index (χ4v) is 4.32. The molecule has 2 rings (SSSR count). The van der Waals surface area contributed by atoms with Crippen LogP contribution in [0.2, 0.25) is 0 Å². The van der Waals surface area contributed by atoms with Crippen molar-refractivity contribution in [2.24, 2.45) is 0 Å². The van der Waals surface area contributed by atoms with Crippen LogP contribution in [0.4, 0.5) is 18.9 Å². The van der Waals surface area contributed by atoms with E-state index in [1.807, 2.05) is 0 Å². The summed E-state index contributed by atoms with van der Waals surface area (Å²) in [4.78, 5) is 27.6. The zero-order valence-electron chi connectivity index (χ0n) is 21.6. The maximum absolute atomic E-state index is 13.5. The van der Waals surface area contributed by atoms with Gasteiger partial charge in [-0.15, -0.1) is 0 Å². The third-order valence-electron chi connectivity index (χ3n) is 5.29. The van der Waals surface area contributed by atoms with E-state index < -0.39 is 51.7 Å². The van der Waals surface area contributed by atoms with Gasteiger partial charge in [0.2, 0.25) is 21.8 Å². The van der Waals surface area contributed by atoms with E-state index in [0.717, 1.165) is 18.4 Å². The minimum absolute atomic E-state index is 0.0744. The van der Waals surface area contributed by atoms with Crippen molar-refractivity contribution in [2.45, 2.75) is 52.0 Å². The Morgan fingerprint density at radius 3 is 2.22 bits per heavy atom. The number of nitrogens with zero attached hydrogens (tertiary/aromatic N) is 2. The lowest BCUT2D eigenvalue weighted by atomic mass is 10.1. The first-order chi connectivity index (χ1) is 16.9. The van der Waals surface area contributed by atoms with Crippen molar-refractivity contribution < 1.29 is 35.9 Å². The summed E-state index contributed by atoms with van der Waals surface area (Å²) in [5, 5.41) is 2.79. The molecule has 0 unspecified atom stereocenters. The first-order valence-corrected chi connectivity index (χ1v) is 13.2. The van der Waals surface area contributed by atoms with Crippen molar-refractivity contribution in [1.82, 2.24) is 10.2 Å². The van der Waals surface area contributed by atoms with Gasteiger partial charge in [0.15, 0.2) is 0 Å². The first kappa shape index (κ1) is 29.9. The lowest BCUT2D eigenvalue weighted by Crippen LogP contribution is -2.54. The number of nitrogens with one attached hydrogen (secondary N) is 1. The molecule has 0 heterocycles. The molecule has 0 bridgehead atoms. The van der Waals surface area contributed by atoms with Gasteiger partial charge in [-0.05, 0) is 63.6 Å². The van der Waals surface area contributed by atoms with Gasteiger partial charge in [-0.2, -0.15) is 13.2 Å². The Balaban J connectivity index is 2.47. The van der Waals surface area contributed by atoms with Crippen molar-refractivity contribution in [3.8, 4) is 5.75 Å². The summed E-state index contributed by atoms with van der Waals surface area (Å²) in [7, 11) is -2.70. The molecule has 0 aliphatic carbocycles. The number of anilines is 1. The van der Waals surface area contributed by atoms with E-state index in [4.69, 9.17) is 4.74 Å². The lowest BCUT2D eigenvalue weighted by molar-refractivity contribution is -0.140. The van der Waals surface area contributed by atoms with Gasteiger partial charge in [-0.3, -0.25) is 13.9 Å². The van der Waals surface area contributed by atoms with Crippen LogP contribution in [0.25, 0.3) is 0 Å². The van der Waals surface area contributed by atoms with E-state index >= 15 is 0 Å². The van der Waals surface area contributed by atoms with Crippen LogP contribution in [0.15, 0.2) is 48.5 Å². The van der Waals surface area contributed by atoms with Crippen LogP contribution in [-0.4, -0.2) is 56.6 Å². The Morgan fingerprint density at radius 2 is 1.68 bits per heavy atom. The van der Waals surface area contributed by atoms with Crippen LogP contribution in [0.1, 0.15) is 38.8 Å². The monoisotopic (exact) mass is 543 g/mol. The van der Waals surface area contributed by atoms with Crippen LogP contribution in [0.3, 0.4) is 0 Å². The Bertz CT molecular complexity index is 1230. The number of sulfonamides is 1. The van der Waals surface area contributed by atoms with Gasteiger partial charge >= 0.3 is 6.18 Å². The van der Waals surface area contributed by atoms with Gasteiger partial charge in [0.1, 0.15) is 18.3 Å². The Morgan fingerprint density at radius 1 is 1.05 bits per heavy atom. The molecule has 1 N–H and O–H groups in total. The smallest absolute Gasteiger partial charge is 0.416 e. The predicted molar refractivity (Wildman–Crippen MR) is 135 cm³/mol. The number of hydrogen-bond donors (Lipinski definition) is 1. The zero-order valence-corrected chi connectivity index (χ0v) is 22.4. The molecule has 0 saturated heterocycles. The number of carbonyl (C=O) groups excluding carboxylic acids is 2. The van der Waals surface area contributed by atoms with Crippen LogP contribution in [0, 0.1) is 0 Å². The van der Waals surface area contributed by atoms with Crippen molar-refractivity contribution in [3.05, 3.63) is 59.7 Å². The molecular formula is C25H32F3N3O5S. The highest BCUT2D eigenvalue weighted by Gasteiger charge is 2.34. The maximum atomic E-state index is 13.5. The second-order valence-corrected chi connectivity index (χ2v) is 11.5. The summed E-state index contributed by atoms with van der Waals surface area (Å²) < 4.78 is 70.7. The summed E-state index contributed by atoms with van der Waals surface area (Å²) in [5.41, 5.74) is -1.38. The molecule has 37 heavy (non-hydrogen) atoms. The number of amides is 2. The summed E-state index contributed by atoms with van der Waals surface area (Å²) >= 11 is 0. The molecule has 0 aliphatic heterocycles. The molecule has 0 aliphatic rings. The minimum Gasteiger partial charge on any atom is -0.497 e. The zero-order chi connectivity index (χ0) is 28.2. The molecule has 204 valence electrons. The van der Waals surface area contributed by atoms with Gasteiger partial charge in [0.05, 0.1) is 24.6 Å². The Labute approximate surface area is 215 Å². The standard InChI is InChI=1S/C25H32F3N3O5S/c1-17(23(33)29-24(2,3)4)30(15-18-9-7-12-21(13-18)36-5)22(32)16-31(37(6,34)35)20-11-8-10-19(14-20)25(26,27)28/h7-14,17H,15-16H2,1-6H3,(H,29,33)/t17-/m0/s1. The average molecular weight is 544 g/mol. The molecule has 2 aromatic carbocycles. The van der Waals surface area contributed by atoms with Gasteiger partial charge < -0.3 is 15.0 Å². The predicted octanol–water partition coefficient (Wildman–Crippen LogP) is 3.81. The lowest BCUT2D eigenvalue weighted by Gasteiger charge is -2.33. The van der Waals surface area contributed by atoms with Gasteiger partial charge in [0.25, 0.3) is 0 Å². The number of ether oxygens (including phenoxy) is 1. The molecule has 2 aromatic rings. The van der Waals surface area contributed by atoms with Crippen molar-refractivity contribution in [3.63, 3.8) is 0 Å². The minimum atomic E-state index is -4.71. The van der Waals surface area contributed by atoms with Gasteiger partial charge in [0, 0.05) is 12.1 Å². The number of methoxy groups -OCH3 is 1. The second kappa shape index (κ2) is 11.4. The third kappa shape index (κ3) is 8.66. The Hall–Kier alpha value is -3.28. The molecule has 0 fully saturated rings. The fourth-order valence-electron chi connectivity index (χ4n) is 3.48. The number of halogens is 3. The molecule has 1 atom stereocenters. The van der Waals surface area contributed by atoms with Crippen molar-refractivity contribution >= 4 is 27.5 Å². The summed E-state index contributed by atoms with van der Waals surface area (Å²) in [6.45, 7) is 5.92. The quantitative estimate of drug-likeness (QED) is 0.519. The van der Waals surface area contributed by atoms with Crippen LogP contribution < -0.4 is 14.4 Å². The highest BCUT2D eigenvalue weighted by Crippen LogP contribution is 2.32. The summed E-state index contributed by atoms with van der Waals surface area (Å²) in [6.07, 6.45) is -3.91. The van der Waals surface area contributed by atoms with Crippen molar-refractivity contribution in [2.75, 3.05) is 24.2 Å². The molecule has 0 saturated carbocycles. The maximum Gasteiger partial charge on any atom is 0.416 e. The molecule has 0 aromatic heterocycles. The first-order valence-electron chi connectivity index (χ1n) is 11.3. The number of carbonyl (C=O) groups is 2.